The summed E-state index contributed by atoms with van der Waals surface area (Å²) < 4.78 is 19.6. The predicted octanol–water partition coefficient (Wildman–Crippen LogP) is 9.14. The molecule has 0 saturated heterocycles. The quantitative estimate of drug-likeness (QED) is 0.0800. The van der Waals surface area contributed by atoms with Gasteiger partial charge in [-0.3, -0.25) is 4.79 Å². The molecule has 53 heavy (non-hydrogen) atoms. The molecule has 1 aliphatic rings. The molecule has 0 aromatic heterocycles. The van der Waals surface area contributed by atoms with Crippen LogP contribution in [0.1, 0.15) is 32.8 Å². The number of ketones is 1. The largest absolute Gasteiger partial charge is 0.497 e. The van der Waals surface area contributed by atoms with E-state index < -0.39 is 28.2 Å². The topological polar surface area (TPSA) is 44.8 Å². The van der Waals surface area contributed by atoms with Crippen LogP contribution in [0.15, 0.2) is 153 Å². The van der Waals surface area contributed by atoms with Gasteiger partial charge in [-0.25, -0.2) is 0 Å². The molecule has 0 amide bonds. The summed E-state index contributed by atoms with van der Waals surface area (Å²) in [5.41, 5.74) is 1.04. The number of carbonyl (C=O) groups excluding carboxylic acids is 1. The number of rotatable bonds is 17. The van der Waals surface area contributed by atoms with Gasteiger partial charge < -0.3 is 13.9 Å². The zero-order chi connectivity index (χ0) is 38.1. The maximum Gasteiger partial charge on any atom is 0.261 e. The fraction of sp³-hybridized carbons (Fsp3) is 0.340. The smallest absolute Gasteiger partial charge is 0.261 e. The first-order valence-electron chi connectivity index (χ1n) is 19.0. The van der Waals surface area contributed by atoms with Crippen LogP contribution in [0.4, 0.5) is 0 Å². The van der Waals surface area contributed by atoms with Gasteiger partial charge in [0.2, 0.25) is 0 Å². The Balaban J connectivity index is 1.45. The van der Waals surface area contributed by atoms with E-state index in [9.17, 15) is 4.79 Å². The van der Waals surface area contributed by atoms with E-state index in [-0.39, 0.29) is 28.8 Å². The van der Waals surface area contributed by atoms with Gasteiger partial charge in [0.15, 0.2) is 0 Å². The molecule has 4 nitrogen and oxygen atoms in total. The van der Waals surface area contributed by atoms with Crippen molar-refractivity contribution in [3.05, 3.63) is 158 Å². The summed E-state index contributed by atoms with van der Waals surface area (Å²) in [4.78, 5) is 15.0. The molecule has 0 fully saturated rings. The zero-order valence-electron chi connectivity index (χ0n) is 32.5. The summed E-state index contributed by atoms with van der Waals surface area (Å²) in [6.45, 7) is 20.9. The van der Waals surface area contributed by atoms with Gasteiger partial charge in [0.1, 0.15) is 11.5 Å². The molecule has 0 radical (unpaired) electrons. The third-order valence-electron chi connectivity index (χ3n) is 11.1. The molecule has 4 aromatic carbocycles. The van der Waals surface area contributed by atoms with E-state index in [4.69, 9.17) is 13.9 Å². The molecule has 0 spiro atoms. The molecule has 1 aliphatic carbocycles. The first-order valence-corrected chi connectivity index (χ1v) is 24.1. The molecule has 6 heteroatoms. The fourth-order valence-corrected chi connectivity index (χ4v) is 15.7. The van der Waals surface area contributed by atoms with Crippen molar-refractivity contribution < 1.29 is 18.7 Å². The van der Waals surface area contributed by atoms with Gasteiger partial charge in [0.25, 0.3) is 8.32 Å². The highest BCUT2D eigenvalue weighted by molar-refractivity contribution is 6.99. The number of methoxy groups -OCH3 is 1. The summed E-state index contributed by atoms with van der Waals surface area (Å²) in [5, 5.41) is 3.70. The first kappa shape index (κ1) is 40.1. The second-order valence-corrected chi connectivity index (χ2v) is 25.1. The molecular formula is C47H58O4Si2. The fourth-order valence-electron chi connectivity index (χ4n) is 8.21. The van der Waals surface area contributed by atoms with Crippen LogP contribution in [0.5, 0.6) is 5.75 Å². The van der Waals surface area contributed by atoms with E-state index in [2.05, 4.69) is 150 Å². The standard InChI is InChI=1S/C47H58O4Si2/c1-9-37-28-29-39(35-52(7,8)41-20-14-11-15-21-41)46(50-34-36-26-30-40(49-6)31-27-36)44(37)45(48)38(10-2)32-33-51-53(47(3,4)5,42-22-16-12-17-23-42)43-24-18-13-19-25-43/h9-31,37-39,44,46H,1-2,32-35H2,3-8H3/t37-,38+,39+,44+,46+/m0/s1. The molecule has 5 rings (SSSR count). The normalized spacial score (nSPS) is 19.7. The van der Waals surface area contributed by atoms with Crippen molar-refractivity contribution >= 4 is 37.7 Å². The van der Waals surface area contributed by atoms with Crippen LogP contribution < -0.4 is 20.3 Å². The molecule has 278 valence electrons. The molecule has 4 aromatic rings. The Morgan fingerprint density at radius 2 is 1.34 bits per heavy atom. The van der Waals surface area contributed by atoms with Crippen molar-refractivity contribution in [1.82, 2.24) is 0 Å². The summed E-state index contributed by atoms with van der Waals surface area (Å²) in [6, 6.07) is 41.1. The van der Waals surface area contributed by atoms with Crippen molar-refractivity contribution in [1.29, 1.82) is 0 Å². The highest BCUT2D eigenvalue weighted by atomic mass is 28.4. The minimum Gasteiger partial charge on any atom is -0.497 e. The lowest BCUT2D eigenvalue weighted by molar-refractivity contribution is -0.135. The molecule has 0 N–H and O–H groups in total. The van der Waals surface area contributed by atoms with E-state index in [1.807, 2.05) is 36.4 Å². The van der Waals surface area contributed by atoms with Gasteiger partial charge in [0.05, 0.1) is 33.8 Å². The van der Waals surface area contributed by atoms with Crippen LogP contribution in [-0.2, 0) is 20.6 Å². The molecule has 5 atom stereocenters. The third kappa shape index (κ3) is 9.18. The van der Waals surface area contributed by atoms with Crippen molar-refractivity contribution in [3.63, 3.8) is 0 Å². The van der Waals surface area contributed by atoms with E-state index in [1.54, 1.807) is 7.11 Å². The van der Waals surface area contributed by atoms with E-state index >= 15 is 0 Å². The van der Waals surface area contributed by atoms with Crippen molar-refractivity contribution in [2.75, 3.05) is 13.7 Å². The van der Waals surface area contributed by atoms with E-state index in [0.29, 0.717) is 19.6 Å². The number of allylic oxidation sites excluding steroid dienone is 3. The minimum absolute atomic E-state index is 0.0686. The number of benzene rings is 4. The molecule has 0 bridgehead atoms. The Morgan fingerprint density at radius 3 is 1.83 bits per heavy atom. The van der Waals surface area contributed by atoms with Gasteiger partial charge in [-0.15, -0.1) is 13.2 Å². The highest BCUT2D eigenvalue weighted by Crippen LogP contribution is 2.40. The van der Waals surface area contributed by atoms with Crippen LogP contribution >= 0.6 is 0 Å². The number of hydrogen-bond acceptors (Lipinski definition) is 4. The van der Waals surface area contributed by atoms with E-state index in [0.717, 1.165) is 17.4 Å². The van der Waals surface area contributed by atoms with Crippen molar-refractivity contribution in [2.45, 2.75) is 64.1 Å². The van der Waals surface area contributed by atoms with Gasteiger partial charge >= 0.3 is 0 Å². The lowest BCUT2D eigenvalue weighted by Gasteiger charge is -2.43. The second-order valence-electron chi connectivity index (χ2n) is 16.0. The summed E-state index contributed by atoms with van der Waals surface area (Å²) in [6.07, 6.45) is 8.44. The molecular weight excluding hydrogens is 685 g/mol. The second kappa shape index (κ2) is 17.8. The number of ether oxygens (including phenoxy) is 2. The number of carbonyl (C=O) groups is 1. The maximum absolute atomic E-state index is 15.0. The van der Waals surface area contributed by atoms with E-state index in [1.165, 1.54) is 15.6 Å². The van der Waals surface area contributed by atoms with Crippen LogP contribution in [0.3, 0.4) is 0 Å². The van der Waals surface area contributed by atoms with Crippen LogP contribution in [0, 0.1) is 23.7 Å². The summed E-state index contributed by atoms with van der Waals surface area (Å²) in [7, 11) is -3.00. The third-order valence-corrected chi connectivity index (χ3v) is 19.5. The van der Waals surface area contributed by atoms with Crippen LogP contribution in [-0.4, -0.2) is 42.0 Å². The average Bonchev–Trinajstić information content (AvgIpc) is 3.17. The van der Waals surface area contributed by atoms with Gasteiger partial charge in [0, 0.05) is 24.4 Å². The van der Waals surface area contributed by atoms with Crippen molar-refractivity contribution in [2.24, 2.45) is 23.7 Å². The monoisotopic (exact) mass is 742 g/mol. The van der Waals surface area contributed by atoms with Crippen LogP contribution in [0.2, 0.25) is 24.2 Å². The number of hydrogen-bond donors (Lipinski definition) is 0. The Bertz CT molecular complexity index is 1760. The Kier molecular flexibility index (Phi) is 13.5. The molecule has 0 unspecified atom stereocenters. The molecule has 0 aliphatic heterocycles. The van der Waals surface area contributed by atoms with Gasteiger partial charge in [-0.05, 0) is 45.6 Å². The SMILES string of the molecule is C=C[C@H]1C=C[C@H](C[Si](C)(C)c2ccccc2)[C@@H](OCc2ccc(OC)cc2)[C@H]1C(=O)[C@H](C=C)CCO[Si](c1ccccc1)(c1ccccc1)C(C)(C)C. The molecule has 0 heterocycles. The molecule has 0 saturated carbocycles. The maximum atomic E-state index is 15.0. The average molecular weight is 743 g/mol. The lowest BCUT2D eigenvalue weighted by Crippen LogP contribution is -2.66. The minimum atomic E-state index is -2.77. The van der Waals surface area contributed by atoms with Crippen molar-refractivity contribution in [3.8, 4) is 5.75 Å². The highest BCUT2D eigenvalue weighted by Gasteiger charge is 2.50. The predicted molar refractivity (Wildman–Crippen MR) is 227 cm³/mol. The first-order chi connectivity index (χ1) is 25.4. The van der Waals surface area contributed by atoms with Gasteiger partial charge in [-0.1, -0.05) is 166 Å². The van der Waals surface area contributed by atoms with Gasteiger partial charge in [-0.2, -0.15) is 0 Å². The Hall–Kier alpha value is -4.08. The summed E-state index contributed by atoms with van der Waals surface area (Å²) in [5.74, 6) is 0.0534. The Morgan fingerprint density at radius 1 is 0.792 bits per heavy atom. The summed E-state index contributed by atoms with van der Waals surface area (Å²) >= 11 is 0. The lowest BCUT2D eigenvalue weighted by atomic mass is 9.71. The Labute approximate surface area is 320 Å². The zero-order valence-corrected chi connectivity index (χ0v) is 34.5. The number of Topliss-reactive ketones (excluding diaryl/α,β-unsaturated/α-hetero) is 1. The van der Waals surface area contributed by atoms with Crippen LogP contribution in [0.25, 0.3) is 0 Å².